The Kier molecular flexibility index (Phi) is 5.41. The van der Waals surface area contributed by atoms with E-state index < -0.39 is 0 Å². The topological polar surface area (TPSA) is 51.0 Å². The molecule has 0 fully saturated rings. The first-order valence-electron chi connectivity index (χ1n) is 7.26. The van der Waals surface area contributed by atoms with Crippen molar-refractivity contribution in [1.82, 2.24) is 0 Å². The average molecular weight is 277 g/mol. The molecule has 1 aliphatic carbocycles. The van der Waals surface area contributed by atoms with Gasteiger partial charge in [-0.15, -0.1) is 0 Å². The van der Waals surface area contributed by atoms with E-state index in [0.29, 0.717) is 19.1 Å². The average Bonchev–Trinajstić information content (AvgIpc) is 2.46. The quantitative estimate of drug-likeness (QED) is 0.493. The van der Waals surface area contributed by atoms with Crippen LogP contribution in [0.2, 0.25) is 0 Å². The van der Waals surface area contributed by atoms with Crippen molar-refractivity contribution in [2.45, 2.75) is 33.1 Å². The zero-order valence-corrected chi connectivity index (χ0v) is 12.3. The summed E-state index contributed by atoms with van der Waals surface area (Å²) in [5, 5.41) is 12.4. The van der Waals surface area contributed by atoms with Crippen LogP contribution in [0.25, 0.3) is 0 Å². The number of hydrogen-bond acceptors (Lipinski definition) is 4. The minimum Gasteiger partial charge on any atom is -0.491 e. The fraction of sp³-hybridized carbons (Fsp3) is 0.562. The van der Waals surface area contributed by atoms with Gasteiger partial charge in [-0.1, -0.05) is 31.1 Å². The van der Waals surface area contributed by atoms with Gasteiger partial charge in [-0.3, -0.25) is 0 Å². The highest BCUT2D eigenvalue weighted by atomic mass is 16.5. The van der Waals surface area contributed by atoms with Crippen molar-refractivity contribution < 1.29 is 14.7 Å². The van der Waals surface area contributed by atoms with E-state index >= 15 is 0 Å². The standard InChI is InChI=1S/C16H23NO3/c1-12(2)11-19-9-10-20-16-8-4-5-13-14(16)6-3-7-15(13)17-18/h4-5,8,12,18H,3,6-7,9-11H2,1-2H3/b17-15+. The summed E-state index contributed by atoms with van der Waals surface area (Å²) in [5.74, 6) is 1.43. The van der Waals surface area contributed by atoms with Gasteiger partial charge in [0.05, 0.1) is 12.3 Å². The summed E-state index contributed by atoms with van der Waals surface area (Å²) in [7, 11) is 0. The molecule has 0 spiro atoms. The molecule has 110 valence electrons. The summed E-state index contributed by atoms with van der Waals surface area (Å²) < 4.78 is 11.3. The van der Waals surface area contributed by atoms with Crippen molar-refractivity contribution in [3.63, 3.8) is 0 Å². The molecule has 0 saturated carbocycles. The molecule has 0 atom stereocenters. The van der Waals surface area contributed by atoms with Crippen LogP contribution in [0.3, 0.4) is 0 Å². The molecule has 4 heteroatoms. The molecule has 1 aliphatic rings. The molecule has 0 aliphatic heterocycles. The Labute approximate surface area is 120 Å². The molecule has 2 rings (SSSR count). The highest BCUT2D eigenvalue weighted by Crippen LogP contribution is 2.29. The van der Waals surface area contributed by atoms with Crippen LogP contribution >= 0.6 is 0 Å². The SMILES string of the molecule is CC(C)COCCOc1cccc2c1CCC/C2=N\O. The fourth-order valence-electron chi connectivity index (χ4n) is 2.43. The Morgan fingerprint density at radius 3 is 2.85 bits per heavy atom. The van der Waals surface area contributed by atoms with Crippen LogP contribution in [0.15, 0.2) is 23.4 Å². The third kappa shape index (κ3) is 3.73. The minimum absolute atomic E-state index is 0.544. The molecule has 1 aromatic rings. The van der Waals surface area contributed by atoms with E-state index in [2.05, 4.69) is 19.0 Å². The van der Waals surface area contributed by atoms with Crippen LogP contribution in [0.1, 0.15) is 37.8 Å². The lowest BCUT2D eigenvalue weighted by Crippen LogP contribution is -2.15. The first-order valence-corrected chi connectivity index (χ1v) is 7.26. The van der Waals surface area contributed by atoms with E-state index in [4.69, 9.17) is 14.7 Å². The molecule has 0 saturated heterocycles. The van der Waals surface area contributed by atoms with Gasteiger partial charge in [0.2, 0.25) is 0 Å². The second-order valence-electron chi connectivity index (χ2n) is 5.50. The maximum absolute atomic E-state index is 9.05. The molecule has 0 unspecified atom stereocenters. The van der Waals surface area contributed by atoms with Gasteiger partial charge in [0.1, 0.15) is 12.4 Å². The van der Waals surface area contributed by atoms with Crippen LogP contribution in [-0.2, 0) is 11.2 Å². The van der Waals surface area contributed by atoms with Crippen LogP contribution in [0, 0.1) is 5.92 Å². The largest absolute Gasteiger partial charge is 0.491 e. The molecule has 0 bridgehead atoms. The summed E-state index contributed by atoms with van der Waals surface area (Å²) >= 11 is 0. The summed E-state index contributed by atoms with van der Waals surface area (Å²) in [4.78, 5) is 0. The third-order valence-electron chi connectivity index (χ3n) is 3.34. The smallest absolute Gasteiger partial charge is 0.123 e. The highest BCUT2D eigenvalue weighted by molar-refractivity contribution is 6.02. The molecule has 4 nitrogen and oxygen atoms in total. The summed E-state index contributed by atoms with van der Waals surface area (Å²) in [6, 6.07) is 5.91. The normalized spacial score (nSPS) is 16.4. The molecule has 0 radical (unpaired) electrons. The molecule has 0 amide bonds. The molecule has 1 aromatic carbocycles. The molecule has 0 aromatic heterocycles. The van der Waals surface area contributed by atoms with Crippen molar-refractivity contribution in [2.75, 3.05) is 19.8 Å². The van der Waals surface area contributed by atoms with Gasteiger partial charge in [-0.2, -0.15) is 0 Å². The van der Waals surface area contributed by atoms with E-state index in [0.717, 1.165) is 48.5 Å². The number of benzene rings is 1. The van der Waals surface area contributed by atoms with E-state index in [1.54, 1.807) is 0 Å². The lowest BCUT2D eigenvalue weighted by molar-refractivity contribution is 0.0816. The summed E-state index contributed by atoms with van der Waals surface area (Å²) in [6.45, 7) is 6.17. The third-order valence-corrected chi connectivity index (χ3v) is 3.34. The van der Waals surface area contributed by atoms with Gasteiger partial charge < -0.3 is 14.7 Å². The monoisotopic (exact) mass is 277 g/mol. The first kappa shape index (κ1) is 14.9. The number of oxime groups is 1. The summed E-state index contributed by atoms with van der Waals surface area (Å²) in [6.07, 6.45) is 2.79. The predicted molar refractivity (Wildman–Crippen MR) is 78.9 cm³/mol. The number of ether oxygens (including phenoxy) is 2. The van der Waals surface area contributed by atoms with E-state index in [9.17, 15) is 0 Å². The second kappa shape index (κ2) is 7.29. The Morgan fingerprint density at radius 1 is 1.25 bits per heavy atom. The first-order chi connectivity index (χ1) is 9.72. The van der Waals surface area contributed by atoms with Crippen LogP contribution in [0.4, 0.5) is 0 Å². The van der Waals surface area contributed by atoms with Crippen LogP contribution < -0.4 is 4.74 Å². The molecule has 1 N–H and O–H groups in total. The maximum atomic E-state index is 9.05. The van der Waals surface area contributed by atoms with Crippen LogP contribution in [0.5, 0.6) is 5.75 Å². The minimum atomic E-state index is 0.544. The Bertz CT molecular complexity index is 469. The molecule has 0 heterocycles. The number of nitrogens with zero attached hydrogens (tertiary/aromatic N) is 1. The van der Waals surface area contributed by atoms with Gasteiger partial charge in [0.15, 0.2) is 0 Å². The van der Waals surface area contributed by atoms with Gasteiger partial charge in [-0.05, 0) is 31.2 Å². The van der Waals surface area contributed by atoms with Gasteiger partial charge in [0.25, 0.3) is 0 Å². The zero-order valence-electron chi connectivity index (χ0n) is 12.3. The zero-order chi connectivity index (χ0) is 14.4. The maximum Gasteiger partial charge on any atom is 0.123 e. The molecule has 20 heavy (non-hydrogen) atoms. The second-order valence-corrected chi connectivity index (χ2v) is 5.50. The van der Waals surface area contributed by atoms with E-state index in [-0.39, 0.29) is 0 Å². The van der Waals surface area contributed by atoms with Crippen molar-refractivity contribution in [3.8, 4) is 5.75 Å². The number of rotatable bonds is 6. The van der Waals surface area contributed by atoms with Crippen molar-refractivity contribution in [3.05, 3.63) is 29.3 Å². The van der Waals surface area contributed by atoms with Crippen molar-refractivity contribution >= 4 is 5.71 Å². The molecular formula is C16H23NO3. The van der Waals surface area contributed by atoms with E-state index in [1.165, 1.54) is 0 Å². The van der Waals surface area contributed by atoms with Crippen molar-refractivity contribution in [2.24, 2.45) is 11.1 Å². The predicted octanol–water partition coefficient (Wildman–Crippen LogP) is 3.25. The summed E-state index contributed by atoms with van der Waals surface area (Å²) in [5.41, 5.74) is 2.92. The number of hydrogen-bond donors (Lipinski definition) is 1. The Morgan fingerprint density at radius 2 is 2.10 bits per heavy atom. The lowest BCUT2D eigenvalue weighted by atomic mass is 9.89. The molecular weight excluding hydrogens is 254 g/mol. The highest BCUT2D eigenvalue weighted by Gasteiger charge is 2.19. The van der Waals surface area contributed by atoms with Crippen molar-refractivity contribution in [1.29, 1.82) is 0 Å². The Hall–Kier alpha value is -1.55. The van der Waals surface area contributed by atoms with Crippen LogP contribution in [-0.4, -0.2) is 30.7 Å². The van der Waals surface area contributed by atoms with Gasteiger partial charge in [-0.25, -0.2) is 0 Å². The number of fused-ring (bicyclic) bond motifs is 1. The Balaban J connectivity index is 1.96. The van der Waals surface area contributed by atoms with Gasteiger partial charge >= 0.3 is 0 Å². The lowest BCUT2D eigenvalue weighted by Gasteiger charge is -2.20. The van der Waals surface area contributed by atoms with Gasteiger partial charge in [0, 0.05) is 17.7 Å². The van der Waals surface area contributed by atoms with E-state index in [1.807, 2.05) is 18.2 Å². The fourth-order valence-corrected chi connectivity index (χ4v) is 2.43.